The molecule has 1 atom stereocenters. The number of amides is 1. The molecule has 6 heteroatoms. The minimum Gasteiger partial charge on any atom is -0.309 e. The number of carbonyl (C=O) groups excluding carboxylic acids is 1. The Morgan fingerprint density at radius 1 is 1.39 bits per heavy atom. The Labute approximate surface area is 112 Å². The number of hydrogen-bond donors (Lipinski definition) is 1. The first-order chi connectivity index (χ1) is 8.54. The third kappa shape index (κ3) is 2.40. The second-order valence-electron chi connectivity index (χ2n) is 4.19. The molecule has 0 saturated carbocycles. The summed E-state index contributed by atoms with van der Waals surface area (Å²) >= 11 is 2.91. The molecule has 1 aromatic carbocycles. The van der Waals surface area contributed by atoms with Crippen LogP contribution in [0.3, 0.4) is 0 Å². The molecule has 98 valence electrons. The highest BCUT2D eigenvalue weighted by Gasteiger charge is 2.30. The first kappa shape index (κ1) is 13.4. The molecule has 0 radical (unpaired) electrons. The van der Waals surface area contributed by atoms with Crippen LogP contribution in [-0.4, -0.2) is 25.5 Å². The van der Waals surface area contributed by atoms with Crippen LogP contribution < -0.4 is 10.2 Å². The highest BCUT2D eigenvalue weighted by atomic mass is 79.9. The van der Waals surface area contributed by atoms with Gasteiger partial charge in [-0.15, -0.1) is 0 Å². The molecular formula is C12H13BrF2N2O. The third-order valence-corrected chi connectivity index (χ3v) is 3.68. The van der Waals surface area contributed by atoms with Crippen molar-refractivity contribution in [2.24, 2.45) is 0 Å². The van der Waals surface area contributed by atoms with E-state index in [9.17, 15) is 13.6 Å². The molecule has 1 aromatic rings. The Kier molecular flexibility index (Phi) is 3.97. The van der Waals surface area contributed by atoms with Crippen molar-refractivity contribution in [1.29, 1.82) is 0 Å². The summed E-state index contributed by atoms with van der Waals surface area (Å²) in [6.07, 6.45) is 1.47. The van der Waals surface area contributed by atoms with Crippen molar-refractivity contribution in [2.75, 3.05) is 18.5 Å². The first-order valence-corrected chi connectivity index (χ1v) is 6.47. The average Bonchev–Trinajstić information content (AvgIpc) is 2.34. The predicted octanol–water partition coefficient (Wildman–Crippen LogP) is 2.44. The van der Waals surface area contributed by atoms with Gasteiger partial charge in [0.1, 0.15) is 11.6 Å². The van der Waals surface area contributed by atoms with Gasteiger partial charge in [0, 0.05) is 12.6 Å². The summed E-state index contributed by atoms with van der Waals surface area (Å²) in [7, 11) is 1.69. The highest BCUT2D eigenvalue weighted by Crippen LogP contribution is 2.28. The van der Waals surface area contributed by atoms with Crippen LogP contribution in [0.1, 0.15) is 12.8 Å². The van der Waals surface area contributed by atoms with E-state index in [0.29, 0.717) is 13.0 Å². The van der Waals surface area contributed by atoms with Gasteiger partial charge in [0.2, 0.25) is 5.91 Å². The molecule has 1 aliphatic rings. The predicted molar refractivity (Wildman–Crippen MR) is 68.5 cm³/mol. The van der Waals surface area contributed by atoms with Gasteiger partial charge >= 0.3 is 0 Å². The maximum Gasteiger partial charge on any atom is 0.244 e. The molecule has 0 aromatic heterocycles. The van der Waals surface area contributed by atoms with E-state index < -0.39 is 11.6 Å². The summed E-state index contributed by atoms with van der Waals surface area (Å²) in [6.45, 7) is 0.412. The molecule has 1 unspecified atom stereocenters. The standard InChI is InChI=1S/C12H13BrF2N2O/c1-16-10-3-2-4-17(12(10)18)11-6-8(14)7(13)5-9(11)15/h5-6,10,16H,2-4H2,1H3. The number of anilines is 1. The lowest BCUT2D eigenvalue weighted by molar-refractivity contribution is -0.121. The van der Waals surface area contributed by atoms with Crippen LogP contribution in [0.25, 0.3) is 0 Å². The highest BCUT2D eigenvalue weighted by molar-refractivity contribution is 9.10. The zero-order valence-electron chi connectivity index (χ0n) is 9.84. The minimum atomic E-state index is -0.603. The zero-order valence-corrected chi connectivity index (χ0v) is 11.4. The van der Waals surface area contributed by atoms with E-state index in [0.717, 1.165) is 18.6 Å². The molecule has 1 saturated heterocycles. The molecular weight excluding hydrogens is 306 g/mol. The lowest BCUT2D eigenvalue weighted by atomic mass is 10.0. The zero-order chi connectivity index (χ0) is 13.3. The third-order valence-electron chi connectivity index (χ3n) is 3.07. The van der Waals surface area contributed by atoms with Crippen LogP contribution in [0.2, 0.25) is 0 Å². The van der Waals surface area contributed by atoms with Gasteiger partial charge in [-0.3, -0.25) is 4.79 Å². The van der Waals surface area contributed by atoms with Crippen LogP contribution in [0, 0.1) is 11.6 Å². The number of piperidine rings is 1. The average molecular weight is 319 g/mol. The molecule has 0 bridgehead atoms. The lowest BCUT2D eigenvalue weighted by Gasteiger charge is -2.32. The molecule has 1 aliphatic heterocycles. The number of carbonyl (C=O) groups is 1. The Morgan fingerprint density at radius 3 is 2.78 bits per heavy atom. The Morgan fingerprint density at radius 2 is 2.11 bits per heavy atom. The van der Waals surface area contributed by atoms with Gasteiger partial charge in [-0.1, -0.05) is 0 Å². The van der Waals surface area contributed by atoms with Gasteiger partial charge in [0.15, 0.2) is 0 Å². The Bertz CT molecular complexity index is 481. The van der Waals surface area contributed by atoms with Crippen molar-refractivity contribution in [2.45, 2.75) is 18.9 Å². The second-order valence-corrected chi connectivity index (χ2v) is 5.05. The van der Waals surface area contributed by atoms with E-state index in [-0.39, 0.29) is 22.1 Å². The summed E-state index contributed by atoms with van der Waals surface area (Å²) in [5, 5.41) is 2.88. The van der Waals surface area contributed by atoms with Crippen LogP contribution in [-0.2, 0) is 4.79 Å². The number of nitrogens with one attached hydrogen (secondary N) is 1. The lowest BCUT2D eigenvalue weighted by Crippen LogP contribution is -2.50. The molecule has 18 heavy (non-hydrogen) atoms. The summed E-state index contributed by atoms with van der Waals surface area (Å²) < 4.78 is 27.3. The number of nitrogens with zero attached hydrogens (tertiary/aromatic N) is 1. The summed E-state index contributed by atoms with van der Waals surface area (Å²) in [5.74, 6) is -1.40. The van der Waals surface area contributed by atoms with Crippen molar-refractivity contribution in [3.63, 3.8) is 0 Å². The van der Waals surface area contributed by atoms with Crippen LogP contribution in [0.15, 0.2) is 16.6 Å². The number of benzene rings is 1. The van der Waals surface area contributed by atoms with E-state index >= 15 is 0 Å². The van der Waals surface area contributed by atoms with Gasteiger partial charge in [-0.25, -0.2) is 8.78 Å². The van der Waals surface area contributed by atoms with E-state index in [1.165, 1.54) is 4.90 Å². The fourth-order valence-electron chi connectivity index (χ4n) is 2.10. The molecule has 1 fully saturated rings. The van der Waals surface area contributed by atoms with Gasteiger partial charge in [-0.2, -0.15) is 0 Å². The molecule has 3 nitrogen and oxygen atoms in total. The van der Waals surface area contributed by atoms with E-state index in [1.807, 2.05) is 0 Å². The maximum atomic E-state index is 13.8. The van der Waals surface area contributed by atoms with E-state index in [4.69, 9.17) is 0 Å². The van der Waals surface area contributed by atoms with Crippen molar-refractivity contribution < 1.29 is 13.6 Å². The van der Waals surface area contributed by atoms with Crippen LogP contribution in [0.5, 0.6) is 0 Å². The number of rotatable bonds is 2. The number of likely N-dealkylation sites (N-methyl/N-ethyl adjacent to an activating group) is 1. The summed E-state index contributed by atoms with van der Waals surface area (Å²) in [4.78, 5) is 13.4. The smallest absolute Gasteiger partial charge is 0.244 e. The quantitative estimate of drug-likeness (QED) is 0.849. The van der Waals surface area contributed by atoms with Gasteiger partial charge in [0.05, 0.1) is 16.2 Å². The SMILES string of the molecule is CNC1CCCN(c2cc(F)c(Br)cc2F)C1=O. The monoisotopic (exact) mass is 318 g/mol. The van der Waals surface area contributed by atoms with Crippen LogP contribution in [0.4, 0.5) is 14.5 Å². The normalized spacial score (nSPS) is 20.3. The fourth-order valence-corrected chi connectivity index (χ4v) is 2.42. The van der Waals surface area contributed by atoms with Gasteiger partial charge < -0.3 is 10.2 Å². The van der Waals surface area contributed by atoms with Gasteiger partial charge in [-0.05, 0) is 41.9 Å². The molecule has 2 rings (SSSR count). The molecule has 0 aliphatic carbocycles. The largest absolute Gasteiger partial charge is 0.309 e. The fraction of sp³-hybridized carbons (Fsp3) is 0.417. The molecule has 1 heterocycles. The van der Waals surface area contributed by atoms with Crippen molar-refractivity contribution in [3.05, 3.63) is 28.2 Å². The van der Waals surface area contributed by atoms with Crippen molar-refractivity contribution >= 4 is 27.5 Å². The Balaban J connectivity index is 2.36. The molecule has 1 amide bonds. The van der Waals surface area contributed by atoms with Crippen molar-refractivity contribution in [1.82, 2.24) is 5.32 Å². The second kappa shape index (κ2) is 5.32. The van der Waals surface area contributed by atoms with Crippen molar-refractivity contribution in [3.8, 4) is 0 Å². The number of halogens is 3. The molecule has 1 N–H and O–H groups in total. The van der Waals surface area contributed by atoms with Gasteiger partial charge in [0.25, 0.3) is 0 Å². The summed E-state index contributed by atoms with van der Waals surface area (Å²) in [5.41, 5.74) is 0.000602. The molecule has 0 spiro atoms. The Hall–Kier alpha value is -1.01. The first-order valence-electron chi connectivity index (χ1n) is 5.67. The summed E-state index contributed by atoms with van der Waals surface area (Å²) in [6, 6.07) is 1.76. The van der Waals surface area contributed by atoms with Crippen LogP contribution >= 0.6 is 15.9 Å². The topological polar surface area (TPSA) is 32.3 Å². The number of hydrogen-bond acceptors (Lipinski definition) is 2. The van der Waals surface area contributed by atoms with E-state index in [2.05, 4.69) is 21.2 Å². The van der Waals surface area contributed by atoms with E-state index in [1.54, 1.807) is 7.05 Å². The maximum absolute atomic E-state index is 13.8. The minimum absolute atomic E-state index is 0.000602.